The van der Waals surface area contributed by atoms with Crippen LogP contribution in [0.15, 0.2) is 54.6 Å². The lowest BCUT2D eigenvalue weighted by atomic mass is 10.2. The molecule has 2 aromatic heterocycles. The van der Waals surface area contributed by atoms with Gasteiger partial charge in [-0.15, -0.1) is 0 Å². The molecule has 3 N–H and O–H groups in total. The summed E-state index contributed by atoms with van der Waals surface area (Å²) in [5.74, 6) is 0.991. The van der Waals surface area contributed by atoms with Gasteiger partial charge < -0.3 is 19.6 Å². The van der Waals surface area contributed by atoms with Gasteiger partial charge in [-0.25, -0.2) is 14.5 Å². The highest BCUT2D eigenvalue weighted by molar-refractivity contribution is 7.52. The number of carbonyl (C=O) groups excluding carboxylic acids is 1. The summed E-state index contributed by atoms with van der Waals surface area (Å²) < 4.78 is 33.4. The quantitative estimate of drug-likeness (QED) is 0.147. The Balaban J connectivity index is 1.68. The average molecular weight is 568 g/mol. The number of para-hydroxylation sites is 2. The van der Waals surface area contributed by atoms with E-state index in [1.807, 2.05) is 37.3 Å². The zero-order chi connectivity index (χ0) is 28.9. The zero-order valence-corrected chi connectivity index (χ0v) is 24.6. The molecule has 214 valence electrons. The monoisotopic (exact) mass is 567 g/mol. The van der Waals surface area contributed by atoms with Crippen LogP contribution in [-0.4, -0.2) is 38.8 Å². The first kappa shape index (κ1) is 29.5. The number of nitrogens with one attached hydrogen (secondary N) is 1. The number of aryl methyl sites for hydroxylation is 1. The number of ether oxygens (including phenoxy) is 1. The van der Waals surface area contributed by atoms with Gasteiger partial charge in [0.1, 0.15) is 23.1 Å². The number of nitrogen functional groups attached to an aromatic ring is 1. The molecule has 0 saturated carbocycles. The molecular weight excluding hydrogens is 529 g/mol. The van der Waals surface area contributed by atoms with E-state index in [1.165, 1.54) is 0 Å². The SMILES string of the molecule is CCCCc1nc2c(N)nc3ccccc3c2n1C[C@H](C)O[P@](=O)(N[C@@H](C)C(=O)OC(C)C)Oc1ccccc1. The number of hydrogen-bond donors (Lipinski definition) is 2. The van der Waals surface area contributed by atoms with Gasteiger partial charge >= 0.3 is 13.7 Å². The van der Waals surface area contributed by atoms with E-state index in [4.69, 9.17) is 24.5 Å². The number of pyridine rings is 1. The second-order valence-corrected chi connectivity index (χ2v) is 11.8. The lowest BCUT2D eigenvalue weighted by molar-refractivity contribution is -0.149. The van der Waals surface area contributed by atoms with E-state index in [1.54, 1.807) is 45.0 Å². The van der Waals surface area contributed by atoms with Gasteiger partial charge in [-0.3, -0.25) is 9.32 Å². The number of nitrogens with zero attached hydrogens (tertiary/aromatic N) is 3. The molecule has 0 amide bonds. The molecule has 10 nitrogen and oxygen atoms in total. The lowest BCUT2D eigenvalue weighted by Gasteiger charge is -2.26. The van der Waals surface area contributed by atoms with Crippen LogP contribution in [-0.2, 0) is 31.6 Å². The maximum atomic E-state index is 14.1. The van der Waals surface area contributed by atoms with E-state index in [-0.39, 0.29) is 6.10 Å². The number of esters is 1. The van der Waals surface area contributed by atoms with E-state index in [2.05, 4.69) is 21.6 Å². The Kier molecular flexibility index (Phi) is 9.45. The van der Waals surface area contributed by atoms with Crippen molar-refractivity contribution in [3.63, 3.8) is 0 Å². The fourth-order valence-corrected chi connectivity index (χ4v) is 6.15. The van der Waals surface area contributed by atoms with E-state index in [0.717, 1.165) is 41.5 Å². The van der Waals surface area contributed by atoms with Crippen molar-refractivity contribution in [3.8, 4) is 5.75 Å². The molecule has 0 bridgehead atoms. The van der Waals surface area contributed by atoms with Gasteiger partial charge in [0.15, 0.2) is 5.82 Å². The smallest absolute Gasteiger partial charge is 0.459 e. The number of imidazole rings is 1. The molecule has 0 aliphatic carbocycles. The molecule has 0 aliphatic rings. The van der Waals surface area contributed by atoms with Gasteiger partial charge in [0.2, 0.25) is 0 Å². The fraction of sp³-hybridized carbons (Fsp3) is 0.414. The first-order chi connectivity index (χ1) is 19.1. The topological polar surface area (TPSA) is 131 Å². The van der Waals surface area contributed by atoms with E-state index in [0.29, 0.717) is 23.6 Å². The van der Waals surface area contributed by atoms with Crippen LogP contribution in [0.4, 0.5) is 5.82 Å². The van der Waals surface area contributed by atoms with Crippen molar-refractivity contribution < 1.29 is 23.1 Å². The Labute approximate surface area is 234 Å². The fourth-order valence-electron chi connectivity index (χ4n) is 4.48. The normalized spacial score (nSPS) is 14.8. The first-order valence-electron chi connectivity index (χ1n) is 13.6. The highest BCUT2D eigenvalue weighted by Gasteiger charge is 2.35. The van der Waals surface area contributed by atoms with Crippen molar-refractivity contribution in [2.24, 2.45) is 0 Å². The van der Waals surface area contributed by atoms with Gasteiger partial charge in [0.25, 0.3) is 0 Å². The average Bonchev–Trinajstić information content (AvgIpc) is 3.26. The molecule has 2 heterocycles. The zero-order valence-electron chi connectivity index (χ0n) is 23.7. The van der Waals surface area contributed by atoms with E-state index >= 15 is 0 Å². The first-order valence-corrected chi connectivity index (χ1v) is 15.2. The van der Waals surface area contributed by atoms with Crippen molar-refractivity contribution in [1.82, 2.24) is 19.6 Å². The summed E-state index contributed by atoms with van der Waals surface area (Å²) in [4.78, 5) is 21.9. The third-order valence-corrected chi connectivity index (χ3v) is 8.02. The van der Waals surface area contributed by atoms with Crippen molar-refractivity contribution >= 4 is 41.5 Å². The number of carbonyl (C=O) groups is 1. The number of benzene rings is 2. The molecule has 0 spiro atoms. The largest absolute Gasteiger partial charge is 0.462 e. The third-order valence-electron chi connectivity index (χ3n) is 6.23. The predicted octanol–water partition coefficient (Wildman–Crippen LogP) is 6.03. The molecule has 0 aliphatic heterocycles. The minimum atomic E-state index is -4.05. The van der Waals surface area contributed by atoms with Crippen LogP contribution in [0.3, 0.4) is 0 Å². The molecule has 0 unspecified atom stereocenters. The molecule has 4 rings (SSSR count). The maximum absolute atomic E-state index is 14.1. The Morgan fingerprint density at radius 2 is 1.75 bits per heavy atom. The van der Waals surface area contributed by atoms with Crippen molar-refractivity contribution in [1.29, 1.82) is 0 Å². The van der Waals surface area contributed by atoms with Gasteiger partial charge in [-0.05, 0) is 52.3 Å². The van der Waals surface area contributed by atoms with Crippen LogP contribution in [0.25, 0.3) is 21.9 Å². The number of rotatable bonds is 13. The number of unbranched alkanes of at least 4 members (excludes halogenated alkanes) is 1. The van der Waals surface area contributed by atoms with Crippen LogP contribution in [0.5, 0.6) is 5.75 Å². The van der Waals surface area contributed by atoms with E-state index in [9.17, 15) is 9.36 Å². The lowest BCUT2D eigenvalue weighted by Crippen LogP contribution is -2.37. The van der Waals surface area contributed by atoms with Crippen LogP contribution >= 0.6 is 7.75 Å². The Hall–Kier alpha value is -3.46. The summed E-state index contributed by atoms with van der Waals surface area (Å²) in [6, 6.07) is 15.5. The molecule has 0 fully saturated rings. The van der Waals surface area contributed by atoms with Crippen molar-refractivity contribution in [2.45, 2.75) is 78.7 Å². The number of fused-ring (bicyclic) bond motifs is 3. The van der Waals surface area contributed by atoms with Crippen molar-refractivity contribution in [3.05, 3.63) is 60.4 Å². The highest BCUT2D eigenvalue weighted by atomic mass is 31.2. The Morgan fingerprint density at radius 1 is 1.05 bits per heavy atom. The second kappa shape index (κ2) is 12.8. The standard InChI is InChI=1S/C29H38N5O5P/c1-6-7-17-25-32-26-27(23-15-11-12-16-24(23)31-28(26)30)34(25)18-20(4)38-40(36,39-22-13-9-8-10-14-22)33-21(5)29(35)37-19(2)3/h8-16,19-21H,6-7,17-18H2,1-5H3,(H2,30,31)(H,33,36)/t20-,21-,40+/m0/s1. The minimum Gasteiger partial charge on any atom is -0.462 e. The molecule has 0 saturated heterocycles. The minimum absolute atomic E-state index is 0.317. The Bertz CT molecular complexity index is 1510. The van der Waals surface area contributed by atoms with Crippen molar-refractivity contribution in [2.75, 3.05) is 5.73 Å². The second-order valence-electron chi connectivity index (χ2n) is 10.1. The maximum Gasteiger partial charge on any atom is 0.459 e. The molecule has 4 aromatic rings. The molecule has 2 aromatic carbocycles. The van der Waals surface area contributed by atoms with Gasteiger partial charge in [0.05, 0.1) is 29.8 Å². The molecule has 40 heavy (non-hydrogen) atoms. The summed E-state index contributed by atoms with van der Waals surface area (Å²) in [7, 11) is -4.05. The van der Waals surface area contributed by atoms with Crippen LogP contribution in [0.1, 0.15) is 53.3 Å². The predicted molar refractivity (Wildman–Crippen MR) is 157 cm³/mol. The summed E-state index contributed by atoms with van der Waals surface area (Å²) in [6.45, 7) is 9.31. The third kappa shape index (κ3) is 6.99. The molecular formula is C29H38N5O5P. The molecule has 0 radical (unpaired) electrons. The number of anilines is 1. The van der Waals surface area contributed by atoms with E-state index < -0.39 is 25.9 Å². The molecule has 3 atom stereocenters. The van der Waals surface area contributed by atoms with Crippen LogP contribution in [0.2, 0.25) is 0 Å². The van der Waals surface area contributed by atoms with Gasteiger partial charge in [0, 0.05) is 11.8 Å². The summed E-state index contributed by atoms with van der Waals surface area (Å²) in [5.41, 5.74) is 8.58. The van der Waals surface area contributed by atoms with Crippen LogP contribution in [0, 0.1) is 0 Å². The van der Waals surface area contributed by atoms with Crippen LogP contribution < -0.4 is 15.3 Å². The highest BCUT2D eigenvalue weighted by Crippen LogP contribution is 2.46. The number of hydrogen-bond acceptors (Lipinski definition) is 8. The Morgan fingerprint density at radius 3 is 2.45 bits per heavy atom. The number of nitrogens with two attached hydrogens (primary N) is 1. The van der Waals surface area contributed by atoms with Gasteiger partial charge in [-0.2, -0.15) is 5.09 Å². The number of aromatic nitrogens is 3. The molecule has 11 heteroatoms. The summed E-state index contributed by atoms with van der Waals surface area (Å²) in [6.07, 6.45) is 1.74. The van der Waals surface area contributed by atoms with Gasteiger partial charge in [-0.1, -0.05) is 49.7 Å². The summed E-state index contributed by atoms with van der Waals surface area (Å²) in [5, 5.41) is 3.68. The summed E-state index contributed by atoms with van der Waals surface area (Å²) >= 11 is 0.